The van der Waals surface area contributed by atoms with Crippen molar-refractivity contribution in [1.82, 2.24) is 4.31 Å². The van der Waals surface area contributed by atoms with E-state index in [0.29, 0.717) is 19.1 Å². The number of benzene rings is 1. The highest BCUT2D eigenvalue weighted by molar-refractivity contribution is 7.88. The van der Waals surface area contributed by atoms with Gasteiger partial charge in [0.25, 0.3) is 0 Å². The van der Waals surface area contributed by atoms with Crippen LogP contribution in [0, 0.1) is 17.5 Å². The summed E-state index contributed by atoms with van der Waals surface area (Å²) in [4.78, 5) is 12.0. The standard InChI is InChI=1S/C14H17F3N2O4S/c1-24(21,22)19(7-9-3-2-6-23-9)8-12(20)18-11-5-4-10(15)13(16)14(11)17/h4-5,9H,2-3,6-8H2,1H3,(H,18,20). The Bertz CT molecular complexity index is 721. The summed E-state index contributed by atoms with van der Waals surface area (Å²) in [6.07, 6.45) is 2.10. The van der Waals surface area contributed by atoms with Gasteiger partial charge in [-0.1, -0.05) is 0 Å². The molecular weight excluding hydrogens is 349 g/mol. The molecular formula is C14H17F3N2O4S. The SMILES string of the molecule is CS(=O)(=O)N(CC(=O)Nc1ccc(F)c(F)c1F)CC1CCCO1. The van der Waals surface area contributed by atoms with Gasteiger partial charge in [0.05, 0.1) is 24.6 Å². The Morgan fingerprint density at radius 2 is 2.04 bits per heavy atom. The Morgan fingerprint density at radius 3 is 2.62 bits per heavy atom. The second-order valence-electron chi connectivity index (χ2n) is 5.46. The topological polar surface area (TPSA) is 75.7 Å². The summed E-state index contributed by atoms with van der Waals surface area (Å²) in [5.74, 6) is -5.52. The van der Waals surface area contributed by atoms with Crippen LogP contribution in [0.25, 0.3) is 0 Å². The number of nitrogens with zero attached hydrogens (tertiary/aromatic N) is 1. The van der Waals surface area contributed by atoms with E-state index in [1.54, 1.807) is 0 Å². The lowest BCUT2D eigenvalue weighted by molar-refractivity contribution is -0.116. The van der Waals surface area contributed by atoms with E-state index in [0.717, 1.165) is 23.0 Å². The van der Waals surface area contributed by atoms with Crippen LogP contribution in [0.3, 0.4) is 0 Å². The zero-order valence-electron chi connectivity index (χ0n) is 12.9. The molecule has 0 spiro atoms. The third-order valence-corrected chi connectivity index (χ3v) is 4.75. The van der Waals surface area contributed by atoms with Crippen LogP contribution in [0.1, 0.15) is 12.8 Å². The smallest absolute Gasteiger partial charge is 0.239 e. The van der Waals surface area contributed by atoms with Gasteiger partial charge in [-0.05, 0) is 25.0 Å². The summed E-state index contributed by atoms with van der Waals surface area (Å²) >= 11 is 0. The molecule has 1 amide bonds. The number of ether oxygens (including phenoxy) is 1. The molecule has 1 unspecified atom stereocenters. The summed E-state index contributed by atoms with van der Waals surface area (Å²) in [6, 6.07) is 1.52. The molecule has 1 N–H and O–H groups in total. The van der Waals surface area contributed by atoms with E-state index in [2.05, 4.69) is 0 Å². The van der Waals surface area contributed by atoms with Gasteiger partial charge in [0.15, 0.2) is 17.5 Å². The van der Waals surface area contributed by atoms with Crippen molar-refractivity contribution in [2.45, 2.75) is 18.9 Å². The lowest BCUT2D eigenvalue weighted by Gasteiger charge is -2.22. The number of hydrogen-bond donors (Lipinski definition) is 1. The first-order valence-electron chi connectivity index (χ1n) is 7.18. The molecule has 24 heavy (non-hydrogen) atoms. The van der Waals surface area contributed by atoms with Gasteiger partial charge < -0.3 is 10.1 Å². The second-order valence-corrected chi connectivity index (χ2v) is 7.44. The molecule has 1 aliphatic rings. The average molecular weight is 366 g/mol. The number of carbonyl (C=O) groups is 1. The van der Waals surface area contributed by atoms with Crippen LogP contribution >= 0.6 is 0 Å². The largest absolute Gasteiger partial charge is 0.377 e. The molecule has 1 aromatic carbocycles. The lowest BCUT2D eigenvalue weighted by Crippen LogP contribution is -2.41. The van der Waals surface area contributed by atoms with E-state index < -0.39 is 45.6 Å². The zero-order valence-corrected chi connectivity index (χ0v) is 13.7. The van der Waals surface area contributed by atoms with E-state index in [-0.39, 0.29) is 12.6 Å². The van der Waals surface area contributed by atoms with Crippen molar-refractivity contribution in [1.29, 1.82) is 0 Å². The molecule has 6 nitrogen and oxygen atoms in total. The van der Waals surface area contributed by atoms with Crippen molar-refractivity contribution in [3.63, 3.8) is 0 Å². The molecule has 0 bridgehead atoms. The fourth-order valence-electron chi connectivity index (χ4n) is 2.30. The third-order valence-electron chi connectivity index (χ3n) is 3.53. The van der Waals surface area contributed by atoms with Gasteiger partial charge in [0.1, 0.15) is 0 Å². The highest BCUT2D eigenvalue weighted by atomic mass is 32.2. The highest BCUT2D eigenvalue weighted by Gasteiger charge is 2.27. The van der Waals surface area contributed by atoms with E-state index in [4.69, 9.17) is 4.74 Å². The Morgan fingerprint density at radius 1 is 1.33 bits per heavy atom. The summed E-state index contributed by atoms with van der Waals surface area (Å²) in [5.41, 5.74) is -0.565. The van der Waals surface area contributed by atoms with E-state index in [1.807, 2.05) is 5.32 Å². The predicted molar refractivity (Wildman–Crippen MR) is 80.3 cm³/mol. The predicted octanol–water partition coefficient (Wildman–Crippen LogP) is 1.48. The van der Waals surface area contributed by atoms with Crippen molar-refractivity contribution in [3.05, 3.63) is 29.6 Å². The van der Waals surface area contributed by atoms with Crippen LogP contribution in [-0.4, -0.2) is 50.7 Å². The van der Waals surface area contributed by atoms with Crippen molar-refractivity contribution in [2.24, 2.45) is 0 Å². The number of amides is 1. The van der Waals surface area contributed by atoms with Gasteiger partial charge in [-0.15, -0.1) is 0 Å². The molecule has 134 valence electrons. The summed E-state index contributed by atoms with van der Waals surface area (Å²) in [6.45, 7) is -0.0713. The summed E-state index contributed by atoms with van der Waals surface area (Å²) < 4.78 is 69.3. The molecule has 0 aromatic heterocycles. The molecule has 0 radical (unpaired) electrons. The fraction of sp³-hybridized carbons (Fsp3) is 0.500. The van der Waals surface area contributed by atoms with Gasteiger partial charge in [-0.25, -0.2) is 21.6 Å². The van der Waals surface area contributed by atoms with Crippen LogP contribution in [0.5, 0.6) is 0 Å². The zero-order chi connectivity index (χ0) is 17.9. The Kier molecular flexibility index (Phi) is 5.83. The highest BCUT2D eigenvalue weighted by Crippen LogP contribution is 2.20. The second kappa shape index (κ2) is 7.49. The van der Waals surface area contributed by atoms with E-state index in [9.17, 15) is 26.4 Å². The maximum Gasteiger partial charge on any atom is 0.239 e. The maximum atomic E-state index is 13.5. The number of anilines is 1. The Hall–Kier alpha value is -1.65. The molecule has 10 heteroatoms. The molecule has 1 fully saturated rings. The molecule has 1 aromatic rings. The molecule has 0 aliphatic carbocycles. The van der Waals surface area contributed by atoms with Crippen molar-refractivity contribution in [2.75, 3.05) is 31.3 Å². The number of carbonyl (C=O) groups excluding carboxylic acids is 1. The minimum absolute atomic E-state index is 0.00743. The van der Waals surface area contributed by atoms with E-state index >= 15 is 0 Å². The average Bonchev–Trinajstić information content (AvgIpc) is 2.99. The first-order chi connectivity index (χ1) is 11.2. The monoisotopic (exact) mass is 366 g/mol. The van der Waals surface area contributed by atoms with Crippen LogP contribution in [0.15, 0.2) is 12.1 Å². The van der Waals surface area contributed by atoms with Gasteiger partial charge >= 0.3 is 0 Å². The van der Waals surface area contributed by atoms with Crippen molar-refractivity contribution >= 4 is 21.6 Å². The molecule has 1 saturated heterocycles. The lowest BCUT2D eigenvalue weighted by atomic mass is 10.2. The van der Waals surface area contributed by atoms with Crippen LogP contribution < -0.4 is 5.32 Å². The van der Waals surface area contributed by atoms with Gasteiger partial charge in [0, 0.05) is 13.2 Å². The number of rotatable bonds is 6. The molecule has 2 rings (SSSR count). The molecule has 0 saturated carbocycles. The number of nitrogens with one attached hydrogen (secondary N) is 1. The third kappa shape index (κ3) is 4.68. The Balaban J connectivity index is 2.06. The normalized spacial score (nSPS) is 18.1. The van der Waals surface area contributed by atoms with E-state index in [1.165, 1.54) is 0 Å². The first-order valence-corrected chi connectivity index (χ1v) is 9.03. The van der Waals surface area contributed by atoms with Gasteiger partial charge in [-0.3, -0.25) is 4.79 Å². The van der Waals surface area contributed by atoms with Crippen LogP contribution in [0.4, 0.5) is 18.9 Å². The van der Waals surface area contributed by atoms with Gasteiger partial charge in [0.2, 0.25) is 15.9 Å². The molecule has 1 atom stereocenters. The van der Waals surface area contributed by atoms with Crippen molar-refractivity contribution in [3.8, 4) is 0 Å². The summed E-state index contributed by atoms with van der Waals surface area (Å²) in [5, 5.41) is 2.04. The number of halogens is 3. The molecule has 1 heterocycles. The van der Waals surface area contributed by atoms with Crippen molar-refractivity contribution < 1.29 is 31.1 Å². The maximum absolute atomic E-state index is 13.5. The first kappa shape index (κ1) is 18.7. The number of sulfonamides is 1. The quantitative estimate of drug-likeness (QED) is 0.774. The van der Waals surface area contributed by atoms with Crippen LogP contribution in [0.2, 0.25) is 0 Å². The molecule has 1 aliphatic heterocycles. The number of hydrogen-bond acceptors (Lipinski definition) is 4. The summed E-state index contributed by atoms with van der Waals surface area (Å²) in [7, 11) is -3.70. The Labute approximate surface area is 137 Å². The minimum atomic E-state index is -3.70. The van der Waals surface area contributed by atoms with Gasteiger partial charge in [-0.2, -0.15) is 4.31 Å². The minimum Gasteiger partial charge on any atom is -0.377 e. The van der Waals surface area contributed by atoms with Crippen LogP contribution in [-0.2, 0) is 19.6 Å². The fourth-order valence-corrected chi connectivity index (χ4v) is 3.09.